The van der Waals surface area contributed by atoms with Gasteiger partial charge in [-0.05, 0) is 17.7 Å². The average molecular weight is 178 g/mol. The van der Waals surface area contributed by atoms with Crippen LogP contribution in [0, 0.1) is 0 Å². The molecule has 3 heteroatoms. The molecular formula is C8H11NaOS. The molecule has 0 heterocycles. The molecule has 0 aliphatic carbocycles. The fourth-order valence-corrected chi connectivity index (χ4v) is 0.942. The molecule has 1 aromatic carbocycles. The summed E-state index contributed by atoms with van der Waals surface area (Å²) in [7, 11) is 1.66. The van der Waals surface area contributed by atoms with Crippen LogP contribution in [0.3, 0.4) is 0 Å². The Balaban J connectivity index is 0. The smallest absolute Gasteiger partial charge is 1.00 e. The molecule has 0 spiro atoms. The van der Waals surface area contributed by atoms with Crippen molar-refractivity contribution >= 4 is 12.6 Å². The molecule has 1 rings (SSSR count). The van der Waals surface area contributed by atoms with Gasteiger partial charge in [0.1, 0.15) is 5.75 Å². The molecule has 0 aliphatic heterocycles. The molecule has 0 saturated carbocycles. The first kappa shape index (κ1) is 11.4. The third-order valence-corrected chi connectivity index (χ3v) is 1.71. The summed E-state index contributed by atoms with van der Waals surface area (Å²) in [6, 6.07) is 7.88. The van der Waals surface area contributed by atoms with Gasteiger partial charge in [0.05, 0.1) is 7.11 Å². The second-order valence-electron chi connectivity index (χ2n) is 2.01. The van der Waals surface area contributed by atoms with E-state index < -0.39 is 0 Å². The average Bonchev–Trinajstić information content (AvgIpc) is 2.05. The Labute approximate surface area is 96.3 Å². The van der Waals surface area contributed by atoms with Crippen LogP contribution in [0.1, 0.15) is 6.99 Å². The van der Waals surface area contributed by atoms with E-state index in [1.165, 1.54) is 5.56 Å². The Morgan fingerprint density at radius 2 is 1.91 bits per heavy atom. The molecule has 0 N–H and O–H groups in total. The SMILES string of the molecule is COc1ccc(CS)cc1.[H-].[Na+]. The van der Waals surface area contributed by atoms with Crippen molar-refractivity contribution in [2.45, 2.75) is 5.75 Å². The molecule has 0 aliphatic rings. The molecule has 0 bridgehead atoms. The Morgan fingerprint density at radius 1 is 1.36 bits per heavy atom. The van der Waals surface area contributed by atoms with Gasteiger partial charge in [0.15, 0.2) is 0 Å². The van der Waals surface area contributed by atoms with Crippen LogP contribution in [-0.2, 0) is 5.75 Å². The third-order valence-electron chi connectivity index (χ3n) is 1.34. The van der Waals surface area contributed by atoms with Crippen LogP contribution in [0.15, 0.2) is 24.3 Å². The predicted octanol–water partition coefficient (Wildman–Crippen LogP) is -0.759. The van der Waals surface area contributed by atoms with Gasteiger partial charge >= 0.3 is 29.6 Å². The van der Waals surface area contributed by atoms with E-state index in [9.17, 15) is 0 Å². The van der Waals surface area contributed by atoms with Crippen molar-refractivity contribution in [3.8, 4) is 5.75 Å². The fraction of sp³-hybridized carbons (Fsp3) is 0.250. The molecular weight excluding hydrogens is 167 g/mol. The maximum Gasteiger partial charge on any atom is 1.00 e. The summed E-state index contributed by atoms with van der Waals surface area (Å²) in [6.45, 7) is 0. The normalized spacial score (nSPS) is 8.55. The zero-order valence-corrected chi connectivity index (χ0v) is 9.77. The summed E-state index contributed by atoms with van der Waals surface area (Å²) in [5.41, 5.74) is 1.21. The number of thiol groups is 1. The monoisotopic (exact) mass is 178 g/mol. The van der Waals surface area contributed by atoms with Crippen molar-refractivity contribution in [1.29, 1.82) is 0 Å². The summed E-state index contributed by atoms with van der Waals surface area (Å²) in [6.07, 6.45) is 0. The summed E-state index contributed by atoms with van der Waals surface area (Å²) in [4.78, 5) is 0. The van der Waals surface area contributed by atoms with Gasteiger partial charge in [0, 0.05) is 5.75 Å². The summed E-state index contributed by atoms with van der Waals surface area (Å²) in [5, 5.41) is 0. The van der Waals surface area contributed by atoms with Crippen LogP contribution in [0.4, 0.5) is 0 Å². The van der Waals surface area contributed by atoms with Gasteiger partial charge in [-0.3, -0.25) is 0 Å². The van der Waals surface area contributed by atoms with Gasteiger partial charge in [-0.25, -0.2) is 0 Å². The van der Waals surface area contributed by atoms with Crippen LogP contribution in [0.25, 0.3) is 0 Å². The van der Waals surface area contributed by atoms with Gasteiger partial charge in [-0.2, -0.15) is 12.6 Å². The predicted molar refractivity (Wildman–Crippen MR) is 46.8 cm³/mol. The van der Waals surface area contributed by atoms with Crippen LogP contribution in [0.5, 0.6) is 5.75 Å². The maximum absolute atomic E-state index is 4.99. The minimum atomic E-state index is 0. The number of benzene rings is 1. The van der Waals surface area contributed by atoms with Crippen molar-refractivity contribution in [2.24, 2.45) is 0 Å². The Bertz CT molecular complexity index is 180. The maximum atomic E-state index is 4.99. The first-order chi connectivity index (χ1) is 4.86. The second-order valence-corrected chi connectivity index (χ2v) is 2.32. The van der Waals surface area contributed by atoms with Crippen LogP contribution in [-0.4, -0.2) is 7.11 Å². The number of hydrogen-bond acceptors (Lipinski definition) is 2. The molecule has 1 nitrogen and oxygen atoms in total. The number of ether oxygens (including phenoxy) is 1. The molecule has 0 atom stereocenters. The van der Waals surface area contributed by atoms with Crippen molar-refractivity contribution in [2.75, 3.05) is 7.11 Å². The minimum absolute atomic E-state index is 0. The van der Waals surface area contributed by atoms with Crippen LogP contribution in [0.2, 0.25) is 0 Å². The minimum Gasteiger partial charge on any atom is -1.00 e. The molecule has 0 aromatic heterocycles. The summed E-state index contributed by atoms with van der Waals surface area (Å²) >= 11 is 4.13. The summed E-state index contributed by atoms with van der Waals surface area (Å²) < 4.78 is 4.99. The first-order valence-electron chi connectivity index (χ1n) is 3.10. The van der Waals surface area contributed by atoms with Crippen molar-refractivity contribution < 1.29 is 35.7 Å². The largest absolute Gasteiger partial charge is 1.00 e. The molecule has 0 radical (unpaired) electrons. The second kappa shape index (κ2) is 5.95. The van der Waals surface area contributed by atoms with E-state index in [0.717, 1.165) is 11.5 Å². The Kier molecular flexibility index (Phi) is 6.15. The Morgan fingerprint density at radius 3 is 2.27 bits per heavy atom. The molecule has 0 amide bonds. The van der Waals surface area contributed by atoms with E-state index in [-0.39, 0.29) is 31.0 Å². The zero-order valence-electron chi connectivity index (χ0n) is 7.87. The van der Waals surface area contributed by atoms with Gasteiger partial charge in [-0.1, -0.05) is 12.1 Å². The van der Waals surface area contributed by atoms with Crippen molar-refractivity contribution in [3.63, 3.8) is 0 Å². The first-order valence-corrected chi connectivity index (χ1v) is 3.74. The standard InChI is InChI=1S/C8H10OS.Na.H/c1-9-8-4-2-7(6-10)3-5-8;;/h2-5,10H,6H2,1H3;;/q;+1;-1. The number of hydrogen-bond donors (Lipinski definition) is 1. The van der Waals surface area contributed by atoms with E-state index in [4.69, 9.17) is 4.74 Å². The van der Waals surface area contributed by atoms with E-state index in [0.29, 0.717) is 0 Å². The van der Waals surface area contributed by atoms with Gasteiger partial charge < -0.3 is 6.16 Å². The molecule has 11 heavy (non-hydrogen) atoms. The summed E-state index contributed by atoms with van der Waals surface area (Å²) in [5.74, 6) is 1.68. The van der Waals surface area contributed by atoms with Gasteiger partial charge in [0.2, 0.25) is 0 Å². The van der Waals surface area contributed by atoms with Crippen molar-refractivity contribution in [3.05, 3.63) is 29.8 Å². The van der Waals surface area contributed by atoms with E-state index in [2.05, 4.69) is 12.6 Å². The molecule has 0 fully saturated rings. The molecule has 0 unspecified atom stereocenters. The molecule has 0 saturated heterocycles. The fourth-order valence-electron chi connectivity index (χ4n) is 0.731. The van der Waals surface area contributed by atoms with Crippen LogP contribution >= 0.6 is 12.6 Å². The number of methoxy groups -OCH3 is 1. The van der Waals surface area contributed by atoms with Crippen molar-refractivity contribution in [1.82, 2.24) is 0 Å². The molecule has 56 valence electrons. The van der Waals surface area contributed by atoms with E-state index in [1.807, 2.05) is 24.3 Å². The Hall–Kier alpha value is 0.370. The van der Waals surface area contributed by atoms with E-state index >= 15 is 0 Å². The van der Waals surface area contributed by atoms with Gasteiger partial charge in [0.25, 0.3) is 0 Å². The third kappa shape index (κ3) is 3.52. The zero-order chi connectivity index (χ0) is 7.40. The molecule has 1 aromatic rings. The number of rotatable bonds is 2. The topological polar surface area (TPSA) is 9.23 Å². The van der Waals surface area contributed by atoms with E-state index in [1.54, 1.807) is 7.11 Å². The quantitative estimate of drug-likeness (QED) is 0.463. The van der Waals surface area contributed by atoms with Crippen LogP contribution < -0.4 is 34.3 Å². The van der Waals surface area contributed by atoms with Gasteiger partial charge in [-0.15, -0.1) is 0 Å².